The molecule has 2 aromatic heterocycles. The first-order valence-corrected chi connectivity index (χ1v) is 7.66. The van der Waals surface area contributed by atoms with Crippen LogP contribution in [0.2, 0.25) is 0 Å². The van der Waals surface area contributed by atoms with Crippen molar-refractivity contribution in [2.24, 2.45) is 5.92 Å². The van der Waals surface area contributed by atoms with Gasteiger partial charge >= 0.3 is 0 Å². The highest BCUT2D eigenvalue weighted by molar-refractivity contribution is 7.13. The normalized spacial score (nSPS) is 11.2. The molecule has 0 spiro atoms. The van der Waals surface area contributed by atoms with Gasteiger partial charge in [-0.3, -0.25) is 0 Å². The highest BCUT2D eigenvalue weighted by atomic mass is 32.1. The van der Waals surface area contributed by atoms with Crippen LogP contribution in [0.4, 0.5) is 5.82 Å². The Bertz CT molecular complexity index is 705. The highest BCUT2D eigenvalue weighted by Gasteiger charge is 2.09. The van der Waals surface area contributed by atoms with Crippen LogP contribution in [0.25, 0.3) is 21.6 Å². The molecule has 3 rings (SSSR count). The van der Waals surface area contributed by atoms with Gasteiger partial charge in [0.1, 0.15) is 5.82 Å². The van der Waals surface area contributed by atoms with Crippen LogP contribution in [-0.2, 0) is 0 Å². The molecule has 3 nitrogen and oxygen atoms in total. The van der Waals surface area contributed by atoms with E-state index in [-0.39, 0.29) is 0 Å². The van der Waals surface area contributed by atoms with Gasteiger partial charge in [0, 0.05) is 11.9 Å². The van der Waals surface area contributed by atoms with Crippen molar-refractivity contribution in [2.75, 3.05) is 11.9 Å². The summed E-state index contributed by atoms with van der Waals surface area (Å²) in [5.41, 5.74) is 0.983. The summed E-state index contributed by atoms with van der Waals surface area (Å²) >= 11 is 1.66. The van der Waals surface area contributed by atoms with Crippen molar-refractivity contribution in [3.8, 4) is 10.7 Å². The predicted octanol–water partition coefficient (Wildman–Crippen LogP) is 4.43. The van der Waals surface area contributed by atoms with Gasteiger partial charge in [0.2, 0.25) is 0 Å². The van der Waals surface area contributed by atoms with Crippen LogP contribution in [0, 0.1) is 5.92 Å². The Kier molecular flexibility index (Phi) is 3.65. The van der Waals surface area contributed by atoms with E-state index in [1.165, 1.54) is 0 Å². The van der Waals surface area contributed by atoms with Gasteiger partial charge in [0.15, 0.2) is 5.82 Å². The Morgan fingerprint density at radius 1 is 1.10 bits per heavy atom. The van der Waals surface area contributed by atoms with Gasteiger partial charge in [-0.2, -0.15) is 0 Å². The summed E-state index contributed by atoms with van der Waals surface area (Å²) in [7, 11) is 0. The average molecular weight is 283 g/mol. The predicted molar refractivity (Wildman–Crippen MR) is 86.2 cm³/mol. The molecule has 0 aliphatic heterocycles. The first-order chi connectivity index (χ1) is 9.74. The molecular formula is C16H17N3S. The van der Waals surface area contributed by atoms with Crippen molar-refractivity contribution >= 4 is 28.1 Å². The van der Waals surface area contributed by atoms with E-state index < -0.39 is 0 Å². The van der Waals surface area contributed by atoms with E-state index >= 15 is 0 Å². The van der Waals surface area contributed by atoms with Crippen LogP contribution in [0.5, 0.6) is 0 Å². The summed E-state index contributed by atoms with van der Waals surface area (Å²) in [5, 5.41) is 6.57. The topological polar surface area (TPSA) is 37.8 Å². The molecule has 0 amide bonds. The minimum atomic E-state index is 0.578. The summed E-state index contributed by atoms with van der Waals surface area (Å²) in [6, 6.07) is 12.2. The Balaban J connectivity index is 2.10. The zero-order valence-corrected chi connectivity index (χ0v) is 12.4. The van der Waals surface area contributed by atoms with Crippen molar-refractivity contribution in [1.29, 1.82) is 0 Å². The van der Waals surface area contributed by atoms with Crippen LogP contribution >= 0.6 is 11.3 Å². The molecule has 3 aromatic rings. The second kappa shape index (κ2) is 5.59. The number of aromatic nitrogens is 2. The largest absolute Gasteiger partial charge is 0.369 e. The Morgan fingerprint density at radius 3 is 2.70 bits per heavy atom. The smallest absolute Gasteiger partial charge is 0.172 e. The first-order valence-electron chi connectivity index (χ1n) is 6.78. The van der Waals surface area contributed by atoms with Gasteiger partial charge in [-0.15, -0.1) is 11.3 Å². The van der Waals surface area contributed by atoms with E-state index in [1.807, 2.05) is 24.3 Å². The molecule has 0 radical (unpaired) electrons. The lowest BCUT2D eigenvalue weighted by molar-refractivity contribution is 0.687. The zero-order chi connectivity index (χ0) is 13.9. The van der Waals surface area contributed by atoms with Crippen LogP contribution in [0.1, 0.15) is 13.8 Å². The Morgan fingerprint density at radius 2 is 1.95 bits per heavy atom. The molecule has 0 fully saturated rings. The van der Waals surface area contributed by atoms with Crippen LogP contribution in [-0.4, -0.2) is 16.5 Å². The number of fused-ring (bicyclic) bond motifs is 1. The minimum Gasteiger partial charge on any atom is -0.369 e. The van der Waals surface area contributed by atoms with Crippen molar-refractivity contribution in [3.05, 3.63) is 41.8 Å². The molecule has 4 heteroatoms. The van der Waals surface area contributed by atoms with Crippen molar-refractivity contribution < 1.29 is 0 Å². The van der Waals surface area contributed by atoms with E-state index in [2.05, 4.69) is 41.7 Å². The lowest BCUT2D eigenvalue weighted by atomic mass is 10.2. The van der Waals surface area contributed by atoms with Gasteiger partial charge in [-0.1, -0.05) is 32.0 Å². The number of para-hydroxylation sites is 1. The summed E-state index contributed by atoms with van der Waals surface area (Å²) < 4.78 is 0. The van der Waals surface area contributed by atoms with E-state index in [9.17, 15) is 0 Å². The first kappa shape index (κ1) is 13.1. The summed E-state index contributed by atoms with van der Waals surface area (Å²) in [4.78, 5) is 10.5. The number of thiophene rings is 1. The number of benzene rings is 1. The third-order valence-corrected chi connectivity index (χ3v) is 3.89. The molecule has 1 N–H and O–H groups in total. The summed E-state index contributed by atoms with van der Waals surface area (Å²) in [6.07, 6.45) is 0. The lowest BCUT2D eigenvalue weighted by Crippen LogP contribution is -2.10. The number of rotatable bonds is 4. The van der Waals surface area contributed by atoms with Gasteiger partial charge in [-0.25, -0.2) is 9.97 Å². The van der Waals surface area contributed by atoms with E-state index in [0.29, 0.717) is 5.92 Å². The molecule has 0 saturated heterocycles. The van der Waals surface area contributed by atoms with Gasteiger partial charge in [0.05, 0.1) is 10.4 Å². The standard InChI is InChI=1S/C16H17N3S/c1-11(2)10-17-15-12-6-3-4-7-13(12)18-16(19-15)14-8-5-9-20-14/h3-9,11H,10H2,1-2H3,(H,17,18,19). The fourth-order valence-electron chi connectivity index (χ4n) is 2.03. The molecule has 1 aromatic carbocycles. The Labute approximate surface area is 122 Å². The second-order valence-electron chi connectivity index (χ2n) is 5.17. The summed E-state index contributed by atoms with van der Waals surface area (Å²) in [6.45, 7) is 5.29. The minimum absolute atomic E-state index is 0.578. The van der Waals surface area contributed by atoms with Gasteiger partial charge < -0.3 is 5.32 Å². The highest BCUT2D eigenvalue weighted by Crippen LogP contribution is 2.27. The quantitative estimate of drug-likeness (QED) is 0.770. The van der Waals surface area contributed by atoms with E-state index in [1.54, 1.807) is 11.3 Å². The summed E-state index contributed by atoms with van der Waals surface area (Å²) in [5.74, 6) is 2.30. The SMILES string of the molecule is CC(C)CNc1nc(-c2cccs2)nc2ccccc12. The molecule has 0 aliphatic carbocycles. The fourth-order valence-corrected chi connectivity index (χ4v) is 2.69. The molecule has 0 atom stereocenters. The van der Waals surface area contributed by atoms with E-state index in [4.69, 9.17) is 4.98 Å². The third-order valence-electron chi connectivity index (χ3n) is 3.02. The number of hydrogen-bond donors (Lipinski definition) is 1. The molecule has 0 bridgehead atoms. The molecule has 102 valence electrons. The second-order valence-corrected chi connectivity index (χ2v) is 6.11. The molecule has 0 unspecified atom stereocenters. The average Bonchev–Trinajstić information content (AvgIpc) is 2.98. The third kappa shape index (κ3) is 2.65. The number of anilines is 1. The van der Waals surface area contributed by atoms with Gasteiger partial charge in [0.25, 0.3) is 0 Å². The maximum absolute atomic E-state index is 4.70. The number of hydrogen-bond acceptors (Lipinski definition) is 4. The molecule has 0 aliphatic rings. The molecule has 2 heterocycles. The zero-order valence-electron chi connectivity index (χ0n) is 11.6. The lowest BCUT2D eigenvalue weighted by Gasteiger charge is -2.11. The maximum Gasteiger partial charge on any atom is 0.172 e. The van der Waals surface area contributed by atoms with E-state index in [0.717, 1.165) is 34.0 Å². The molecule has 0 saturated carbocycles. The fraction of sp³-hybridized carbons (Fsp3) is 0.250. The van der Waals surface area contributed by atoms with Crippen LogP contribution < -0.4 is 5.32 Å². The van der Waals surface area contributed by atoms with Crippen LogP contribution in [0.3, 0.4) is 0 Å². The maximum atomic E-state index is 4.70. The van der Waals surface area contributed by atoms with Gasteiger partial charge in [-0.05, 0) is 29.5 Å². The van der Waals surface area contributed by atoms with Crippen LogP contribution in [0.15, 0.2) is 41.8 Å². The number of nitrogens with zero attached hydrogens (tertiary/aromatic N) is 2. The van der Waals surface area contributed by atoms with Crippen molar-refractivity contribution in [2.45, 2.75) is 13.8 Å². The van der Waals surface area contributed by atoms with Crippen molar-refractivity contribution in [1.82, 2.24) is 9.97 Å². The van der Waals surface area contributed by atoms with Crippen molar-refractivity contribution in [3.63, 3.8) is 0 Å². The molecular weight excluding hydrogens is 266 g/mol. The monoisotopic (exact) mass is 283 g/mol. The number of nitrogens with one attached hydrogen (secondary N) is 1. The molecule has 20 heavy (non-hydrogen) atoms. The Hall–Kier alpha value is -1.94.